The van der Waals surface area contributed by atoms with Gasteiger partial charge < -0.3 is 50.0 Å². The third-order valence-corrected chi connectivity index (χ3v) is 13.9. The van der Waals surface area contributed by atoms with Gasteiger partial charge in [0.25, 0.3) is 0 Å². The van der Waals surface area contributed by atoms with Crippen molar-refractivity contribution in [2.45, 2.75) is 160 Å². The summed E-state index contributed by atoms with van der Waals surface area (Å²) in [6.45, 7) is 20.6. The van der Waals surface area contributed by atoms with Gasteiger partial charge in [-0.25, -0.2) is 25.8 Å². The molecule has 0 aromatic carbocycles. The molecule has 15 heteroatoms. The molecule has 10 rings (SSSR count). The first kappa shape index (κ1) is 41.2. The molecule has 8 saturated carbocycles. The van der Waals surface area contributed by atoms with Crippen molar-refractivity contribution < 1.29 is 42.9 Å². The number of hydrogen-bond donors (Lipinski definition) is 3. The minimum absolute atomic E-state index is 0.0446. The van der Waals surface area contributed by atoms with Gasteiger partial charge in [0, 0.05) is 57.3 Å². The molecule has 57 heavy (non-hydrogen) atoms. The monoisotopic (exact) mass is 796 g/mol. The highest BCUT2D eigenvalue weighted by atomic mass is 16.6. The molecule has 6 atom stereocenters. The first-order valence-electron chi connectivity index (χ1n) is 21.3. The van der Waals surface area contributed by atoms with Crippen LogP contribution >= 0.6 is 0 Å². The van der Waals surface area contributed by atoms with Crippen molar-refractivity contribution in [3.8, 4) is 0 Å². The van der Waals surface area contributed by atoms with Crippen molar-refractivity contribution in [1.29, 1.82) is 0 Å². The zero-order valence-electron chi connectivity index (χ0n) is 34.7. The Hall–Kier alpha value is -3.96. The van der Waals surface area contributed by atoms with Gasteiger partial charge in [-0.2, -0.15) is 0 Å². The summed E-state index contributed by atoms with van der Waals surface area (Å²) in [7, 11) is 0. The average molecular weight is 797 g/mol. The Morgan fingerprint density at radius 2 is 1.05 bits per heavy atom. The topological polar surface area (TPSA) is 183 Å². The highest BCUT2D eigenvalue weighted by Gasteiger charge is 2.61. The second kappa shape index (κ2) is 15.3. The maximum Gasteiger partial charge on any atom is 0.410 e. The van der Waals surface area contributed by atoms with Crippen molar-refractivity contribution in [2.24, 2.45) is 46.7 Å². The number of rotatable bonds is 5. The lowest BCUT2D eigenvalue weighted by Crippen LogP contribution is -2.59. The van der Waals surface area contributed by atoms with Gasteiger partial charge in [0.1, 0.15) is 23.4 Å². The van der Waals surface area contributed by atoms with Gasteiger partial charge >= 0.3 is 24.4 Å². The zero-order valence-corrected chi connectivity index (χ0v) is 34.7. The molecule has 2 saturated heterocycles. The highest BCUT2D eigenvalue weighted by Crippen LogP contribution is 2.61. The Labute approximate surface area is 336 Å². The van der Waals surface area contributed by atoms with Gasteiger partial charge in [0.05, 0.1) is 17.5 Å². The van der Waals surface area contributed by atoms with E-state index in [0.717, 1.165) is 64.2 Å². The van der Waals surface area contributed by atoms with E-state index >= 15 is 0 Å². The molecule has 8 aliphatic carbocycles. The molecule has 0 aromatic rings. The fraction of sp³-hybridized carbons (Fsp3) is 0.857. The van der Waals surface area contributed by atoms with Crippen LogP contribution in [0, 0.1) is 47.5 Å². The summed E-state index contributed by atoms with van der Waals surface area (Å²) in [5.41, 5.74) is 4.08. The van der Waals surface area contributed by atoms with Crippen LogP contribution in [0.4, 0.5) is 19.2 Å². The molecular formula is C42H64N6O9. The van der Waals surface area contributed by atoms with Crippen LogP contribution in [-0.4, -0.2) is 107 Å². The summed E-state index contributed by atoms with van der Waals surface area (Å²) in [6, 6.07) is -0.236. The van der Waals surface area contributed by atoms with Crippen LogP contribution in [0.2, 0.25) is 0 Å². The fourth-order valence-electron chi connectivity index (χ4n) is 12.2. The van der Waals surface area contributed by atoms with E-state index in [1.54, 1.807) is 9.80 Å². The lowest BCUT2D eigenvalue weighted by Gasteiger charge is -2.58. The largest absolute Gasteiger partial charge is 0.446 e. The van der Waals surface area contributed by atoms with Crippen LogP contribution in [0.25, 0.3) is 4.85 Å². The van der Waals surface area contributed by atoms with Crippen molar-refractivity contribution >= 4 is 30.3 Å². The summed E-state index contributed by atoms with van der Waals surface area (Å²) in [4.78, 5) is 68.8. The van der Waals surface area contributed by atoms with E-state index < -0.39 is 23.4 Å². The molecule has 5 amide bonds. The van der Waals surface area contributed by atoms with Crippen LogP contribution in [-0.2, 0) is 23.7 Å². The minimum atomic E-state index is -0.553. The highest BCUT2D eigenvalue weighted by molar-refractivity contribution is 5.81. The van der Waals surface area contributed by atoms with Gasteiger partial charge in [-0.3, -0.25) is 4.79 Å². The normalized spacial score (nSPS) is 38.4. The maximum atomic E-state index is 12.8. The van der Waals surface area contributed by atoms with Crippen LogP contribution in [0.15, 0.2) is 0 Å². The number of ether oxygens (including phenoxy) is 4. The molecule has 10 aliphatic rings. The molecule has 4 unspecified atom stereocenters. The first-order valence-corrected chi connectivity index (χ1v) is 21.3. The SMILES string of the molecule is CC(C)(C)OC(=O)N[C@@H]1CCN(C(=O)OC2C3CC4CC2CC(C(N)=O)(C4)C3)C1.[C-]#[N+]C12CC3CC(C1)C(OC(=O)N1CC[C@@H](NC(=O)OC(C)(C)C)C1)C(C3)C2. The standard InChI is InChI=1S/C21H33N3O5.C21H31N3O4/c1-20(2,3)29-18(26)23-15-4-5-24(11-15)19(27)28-16-13-6-12-7-14(16)10-21(8-12,9-13)17(22)25;1-20(2,3)28-18(25)23-16-5-6-24(12-16)19(26)27-17-14-7-13-8-15(17)11-21(9-13,10-14)22-4/h12-16H,4-11H2,1-3H3,(H2,22,25)(H,23,26);13-17H,5-12H2,1-3H3,(H,23,25)/t12?,13?,14?,15-,16?,21?;13?,14?,15?,16-,17?,21?/m11/s1. The number of nitrogens with two attached hydrogens (primary N) is 1. The lowest BCUT2D eigenvalue weighted by molar-refractivity contribution is -0.161. The zero-order chi connectivity index (χ0) is 41.1. The van der Waals surface area contributed by atoms with Crippen molar-refractivity contribution in [1.82, 2.24) is 20.4 Å². The van der Waals surface area contributed by atoms with Crippen molar-refractivity contribution in [3.63, 3.8) is 0 Å². The first-order chi connectivity index (χ1) is 26.7. The molecule has 2 heterocycles. The van der Waals surface area contributed by atoms with Crippen LogP contribution < -0.4 is 16.4 Å². The quantitative estimate of drug-likeness (QED) is 0.222. The number of primary amides is 1. The third kappa shape index (κ3) is 9.20. The minimum Gasteiger partial charge on any atom is -0.446 e. The van der Waals surface area contributed by atoms with Crippen LogP contribution in [0.3, 0.4) is 0 Å². The molecule has 0 radical (unpaired) electrons. The summed E-state index contributed by atoms with van der Waals surface area (Å²) in [5, 5.41) is 5.67. The number of nitrogens with zero attached hydrogens (tertiary/aromatic N) is 3. The third-order valence-electron chi connectivity index (χ3n) is 13.9. The Balaban J connectivity index is 0.000000174. The molecule has 8 bridgehead atoms. The molecular weight excluding hydrogens is 732 g/mol. The average Bonchev–Trinajstić information content (AvgIpc) is 3.76. The van der Waals surface area contributed by atoms with Gasteiger partial charge in [0.15, 0.2) is 0 Å². The number of carbonyl (C=O) groups is 5. The summed E-state index contributed by atoms with van der Waals surface area (Å²) in [6.07, 6.45) is 9.13. The molecule has 0 spiro atoms. The second-order valence-electron chi connectivity index (χ2n) is 20.8. The smallest absolute Gasteiger partial charge is 0.410 e. The molecule has 15 nitrogen and oxygen atoms in total. The maximum absolute atomic E-state index is 12.8. The van der Waals surface area contributed by atoms with E-state index in [2.05, 4.69) is 15.5 Å². The summed E-state index contributed by atoms with van der Waals surface area (Å²) >= 11 is 0. The van der Waals surface area contributed by atoms with E-state index in [4.69, 9.17) is 31.3 Å². The Kier molecular flexibility index (Phi) is 11.1. The van der Waals surface area contributed by atoms with Crippen LogP contribution in [0.5, 0.6) is 0 Å². The number of carbonyl (C=O) groups excluding carboxylic acids is 5. The van der Waals surface area contributed by atoms with E-state index in [0.29, 0.717) is 62.7 Å². The van der Waals surface area contributed by atoms with Gasteiger partial charge in [-0.05, 0) is 123 Å². The predicted octanol–water partition coefficient (Wildman–Crippen LogP) is 5.99. The van der Waals surface area contributed by atoms with Gasteiger partial charge in [-0.15, -0.1) is 0 Å². The van der Waals surface area contributed by atoms with Gasteiger partial charge in [-0.1, -0.05) is 0 Å². The second-order valence-corrected chi connectivity index (χ2v) is 20.8. The predicted molar refractivity (Wildman–Crippen MR) is 207 cm³/mol. The Bertz CT molecular complexity index is 1600. The van der Waals surface area contributed by atoms with Crippen LogP contribution in [0.1, 0.15) is 119 Å². The van der Waals surface area contributed by atoms with E-state index in [9.17, 15) is 24.0 Å². The number of alkyl carbamates (subject to hydrolysis) is 2. The molecule has 316 valence electrons. The van der Waals surface area contributed by atoms with E-state index in [-0.39, 0.29) is 65.2 Å². The summed E-state index contributed by atoms with van der Waals surface area (Å²) < 4.78 is 22.5. The van der Waals surface area contributed by atoms with Crippen molar-refractivity contribution in [2.75, 3.05) is 26.2 Å². The lowest BCUT2D eigenvalue weighted by atomic mass is 9.48. The summed E-state index contributed by atoms with van der Waals surface area (Å²) in [5.74, 6) is 2.12. The molecule has 2 aliphatic heterocycles. The fourth-order valence-corrected chi connectivity index (χ4v) is 12.2. The van der Waals surface area contributed by atoms with E-state index in [1.165, 1.54) is 0 Å². The molecule has 4 N–H and O–H groups in total. The van der Waals surface area contributed by atoms with Gasteiger partial charge in [0.2, 0.25) is 11.4 Å². The molecule has 0 aromatic heterocycles. The van der Waals surface area contributed by atoms with E-state index in [1.807, 2.05) is 41.5 Å². The number of nitrogens with one attached hydrogen (secondary N) is 2. The number of hydrogen-bond acceptors (Lipinski definition) is 9. The number of amides is 5. The molecule has 10 fully saturated rings. The Morgan fingerprint density at radius 3 is 1.44 bits per heavy atom. The number of likely N-dealkylation sites (tertiary alicyclic amines) is 2. The van der Waals surface area contributed by atoms with Crippen molar-refractivity contribution in [3.05, 3.63) is 11.4 Å². The Morgan fingerprint density at radius 1 is 0.649 bits per heavy atom.